The maximum Gasteiger partial charge on any atom is 0.313 e. The molecule has 0 aliphatic carbocycles. The Hall–Kier alpha value is -0.610. The summed E-state index contributed by atoms with van der Waals surface area (Å²) in [5, 5.41) is 3.46. The van der Waals surface area contributed by atoms with Gasteiger partial charge in [0.05, 0.1) is 12.5 Å². The summed E-state index contributed by atoms with van der Waals surface area (Å²) in [7, 11) is 1.49. The fraction of sp³-hybridized carbons (Fsp3) is 0.929. The Bertz CT molecular complexity index is 302. The van der Waals surface area contributed by atoms with E-state index in [0.29, 0.717) is 5.92 Å². The van der Waals surface area contributed by atoms with E-state index in [1.165, 1.54) is 20.0 Å². The van der Waals surface area contributed by atoms with Crippen molar-refractivity contribution < 1.29 is 9.53 Å². The number of nitrogens with zero attached hydrogens (tertiary/aromatic N) is 1. The summed E-state index contributed by atoms with van der Waals surface area (Å²) in [5.41, 5.74) is -0.323. The first-order valence-electron chi connectivity index (χ1n) is 7.07. The Morgan fingerprint density at radius 3 is 2.94 bits per heavy atom. The van der Waals surface area contributed by atoms with Crippen molar-refractivity contribution in [3.63, 3.8) is 0 Å². The summed E-state index contributed by atoms with van der Waals surface area (Å²) in [6.45, 7) is 9.47. The maximum atomic E-state index is 11.9. The number of ether oxygens (including phenoxy) is 1. The second-order valence-corrected chi connectivity index (χ2v) is 6.22. The lowest BCUT2D eigenvalue weighted by Crippen LogP contribution is -2.39. The summed E-state index contributed by atoms with van der Waals surface area (Å²) >= 11 is 0. The van der Waals surface area contributed by atoms with Gasteiger partial charge in [-0.3, -0.25) is 4.79 Å². The van der Waals surface area contributed by atoms with Crippen LogP contribution in [0.1, 0.15) is 26.7 Å². The van der Waals surface area contributed by atoms with E-state index in [1.54, 1.807) is 0 Å². The van der Waals surface area contributed by atoms with Crippen LogP contribution < -0.4 is 5.32 Å². The summed E-state index contributed by atoms with van der Waals surface area (Å²) in [6, 6.07) is 0. The van der Waals surface area contributed by atoms with Crippen LogP contribution in [-0.4, -0.2) is 50.7 Å². The average Bonchev–Trinajstić information content (AvgIpc) is 2.66. The molecule has 0 saturated carbocycles. The standard InChI is InChI=1S/C14H26N2O2/c1-11-8-16(9-12-5-4-6-15-7-12)10-14(11,2)13(17)18-3/h11-12,15H,4-10H2,1-3H3/t11-,12?,14-/m1/s1. The Labute approximate surface area is 110 Å². The van der Waals surface area contributed by atoms with Crippen LogP contribution in [0.25, 0.3) is 0 Å². The number of methoxy groups -OCH3 is 1. The molecule has 2 rings (SSSR count). The van der Waals surface area contributed by atoms with E-state index < -0.39 is 0 Å². The van der Waals surface area contributed by atoms with Gasteiger partial charge in [-0.2, -0.15) is 0 Å². The highest BCUT2D eigenvalue weighted by atomic mass is 16.5. The summed E-state index contributed by atoms with van der Waals surface area (Å²) in [5.74, 6) is 1.06. The van der Waals surface area contributed by atoms with Gasteiger partial charge < -0.3 is 15.0 Å². The van der Waals surface area contributed by atoms with E-state index in [9.17, 15) is 4.79 Å². The lowest BCUT2D eigenvalue weighted by Gasteiger charge is -2.28. The van der Waals surface area contributed by atoms with Crippen LogP contribution in [0.4, 0.5) is 0 Å². The molecule has 0 bridgehead atoms. The summed E-state index contributed by atoms with van der Waals surface area (Å²) in [4.78, 5) is 14.4. The molecule has 1 unspecified atom stereocenters. The molecule has 1 N–H and O–H groups in total. The smallest absolute Gasteiger partial charge is 0.313 e. The van der Waals surface area contributed by atoms with Crippen molar-refractivity contribution in [1.82, 2.24) is 10.2 Å². The molecular formula is C14H26N2O2. The Morgan fingerprint density at radius 1 is 1.56 bits per heavy atom. The first-order chi connectivity index (χ1) is 8.56. The maximum absolute atomic E-state index is 11.9. The molecule has 0 radical (unpaired) electrons. The average molecular weight is 254 g/mol. The van der Waals surface area contributed by atoms with Crippen LogP contribution in [0.15, 0.2) is 0 Å². The number of piperidine rings is 1. The highest BCUT2D eigenvalue weighted by molar-refractivity contribution is 5.77. The molecule has 2 fully saturated rings. The Morgan fingerprint density at radius 2 is 2.33 bits per heavy atom. The minimum atomic E-state index is -0.323. The van der Waals surface area contributed by atoms with Crippen molar-refractivity contribution in [1.29, 1.82) is 0 Å². The third-order valence-corrected chi connectivity index (χ3v) is 4.74. The Balaban J connectivity index is 1.91. The topological polar surface area (TPSA) is 41.6 Å². The van der Waals surface area contributed by atoms with Gasteiger partial charge in [-0.15, -0.1) is 0 Å². The van der Waals surface area contributed by atoms with E-state index in [2.05, 4.69) is 17.1 Å². The number of likely N-dealkylation sites (tertiary alicyclic amines) is 1. The molecule has 2 heterocycles. The van der Waals surface area contributed by atoms with Crippen molar-refractivity contribution in [2.24, 2.45) is 17.3 Å². The highest BCUT2D eigenvalue weighted by Crippen LogP contribution is 2.37. The van der Waals surface area contributed by atoms with E-state index >= 15 is 0 Å². The first kappa shape index (κ1) is 13.8. The summed E-state index contributed by atoms with van der Waals surface area (Å²) in [6.07, 6.45) is 2.59. The molecule has 4 nitrogen and oxygen atoms in total. The minimum Gasteiger partial charge on any atom is -0.469 e. The molecule has 18 heavy (non-hydrogen) atoms. The predicted octanol–water partition coefficient (Wildman–Crippen LogP) is 1.12. The molecule has 0 aromatic heterocycles. The van der Waals surface area contributed by atoms with Gasteiger partial charge in [0.2, 0.25) is 0 Å². The third kappa shape index (κ3) is 2.69. The fourth-order valence-electron chi connectivity index (χ4n) is 3.36. The number of esters is 1. The van der Waals surface area contributed by atoms with Crippen molar-refractivity contribution in [3.05, 3.63) is 0 Å². The second-order valence-electron chi connectivity index (χ2n) is 6.22. The van der Waals surface area contributed by atoms with Crippen molar-refractivity contribution in [2.45, 2.75) is 26.7 Å². The normalized spacial score (nSPS) is 37.7. The van der Waals surface area contributed by atoms with Gasteiger partial charge in [-0.1, -0.05) is 6.92 Å². The zero-order chi connectivity index (χ0) is 13.2. The highest BCUT2D eigenvalue weighted by Gasteiger charge is 2.47. The van der Waals surface area contributed by atoms with Crippen LogP contribution >= 0.6 is 0 Å². The number of carbonyl (C=O) groups excluding carboxylic acids is 1. The van der Waals surface area contributed by atoms with E-state index in [1.807, 2.05) is 6.92 Å². The Kier molecular flexibility index (Phi) is 4.28. The number of hydrogen-bond donors (Lipinski definition) is 1. The second kappa shape index (κ2) is 5.57. The molecule has 104 valence electrons. The molecule has 4 heteroatoms. The number of rotatable bonds is 3. The van der Waals surface area contributed by atoms with Crippen molar-refractivity contribution >= 4 is 5.97 Å². The molecule has 0 spiro atoms. The molecule has 3 atom stereocenters. The summed E-state index contributed by atoms with van der Waals surface area (Å²) < 4.78 is 4.97. The van der Waals surface area contributed by atoms with Crippen LogP contribution in [-0.2, 0) is 9.53 Å². The van der Waals surface area contributed by atoms with Gasteiger partial charge in [0, 0.05) is 19.6 Å². The fourth-order valence-corrected chi connectivity index (χ4v) is 3.36. The van der Waals surface area contributed by atoms with Crippen LogP contribution in [0, 0.1) is 17.3 Å². The van der Waals surface area contributed by atoms with Crippen molar-refractivity contribution in [3.8, 4) is 0 Å². The molecule has 2 saturated heterocycles. The van der Waals surface area contributed by atoms with Gasteiger partial charge >= 0.3 is 5.97 Å². The number of carbonyl (C=O) groups is 1. The van der Waals surface area contributed by atoms with Gasteiger partial charge in [-0.05, 0) is 44.7 Å². The van der Waals surface area contributed by atoms with Crippen LogP contribution in [0.2, 0.25) is 0 Å². The molecular weight excluding hydrogens is 228 g/mol. The van der Waals surface area contributed by atoms with Gasteiger partial charge in [0.15, 0.2) is 0 Å². The minimum absolute atomic E-state index is 0.0562. The quantitative estimate of drug-likeness (QED) is 0.766. The van der Waals surface area contributed by atoms with E-state index in [4.69, 9.17) is 4.74 Å². The SMILES string of the molecule is COC(=O)[C@]1(C)CN(CC2CCCNC2)C[C@H]1C. The molecule has 0 aromatic carbocycles. The van der Waals surface area contributed by atoms with Gasteiger partial charge in [0.1, 0.15) is 0 Å². The molecule has 2 aliphatic heterocycles. The van der Waals surface area contributed by atoms with Gasteiger partial charge in [-0.25, -0.2) is 0 Å². The van der Waals surface area contributed by atoms with Gasteiger partial charge in [0.25, 0.3) is 0 Å². The zero-order valence-electron chi connectivity index (χ0n) is 11.9. The number of hydrogen-bond acceptors (Lipinski definition) is 4. The first-order valence-corrected chi connectivity index (χ1v) is 7.07. The zero-order valence-corrected chi connectivity index (χ0v) is 11.9. The molecule has 2 aliphatic rings. The lowest BCUT2D eigenvalue weighted by molar-refractivity contribution is -0.152. The lowest BCUT2D eigenvalue weighted by atomic mass is 9.81. The monoisotopic (exact) mass is 254 g/mol. The molecule has 0 amide bonds. The largest absolute Gasteiger partial charge is 0.469 e. The van der Waals surface area contributed by atoms with E-state index in [0.717, 1.165) is 38.6 Å². The predicted molar refractivity (Wildman–Crippen MR) is 71.3 cm³/mol. The van der Waals surface area contributed by atoms with Crippen LogP contribution in [0.5, 0.6) is 0 Å². The van der Waals surface area contributed by atoms with E-state index in [-0.39, 0.29) is 11.4 Å². The number of nitrogens with one attached hydrogen (secondary N) is 1. The third-order valence-electron chi connectivity index (χ3n) is 4.74. The van der Waals surface area contributed by atoms with Crippen molar-refractivity contribution in [2.75, 3.05) is 39.8 Å². The molecule has 0 aromatic rings. The van der Waals surface area contributed by atoms with Crippen LogP contribution in [0.3, 0.4) is 0 Å².